The Hall–Kier alpha value is -2.55. The van der Waals surface area contributed by atoms with Crippen LogP contribution in [0.25, 0.3) is 0 Å². The first kappa shape index (κ1) is 20.7. The molecule has 3 amide bonds. The van der Waals surface area contributed by atoms with Crippen LogP contribution in [0, 0.1) is 17.3 Å². The molecule has 2 atom stereocenters. The van der Waals surface area contributed by atoms with Crippen molar-refractivity contribution in [3.8, 4) is 0 Å². The van der Waals surface area contributed by atoms with Gasteiger partial charge in [0.15, 0.2) is 0 Å². The van der Waals surface area contributed by atoms with Gasteiger partial charge in [0.25, 0.3) is 0 Å². The lowest BCUT2D eigenvalue weighted by atomic mass is 9.91. The van der Waals surface area contributed by atoms with Gasteiger partial charge in [-0.2, -0.15) is 0 Å². The van der Waals surface area contributed by atoms with Crippen molar-refractivity contribution in [2.24, 2.45) is 17.3 Å². The fourth-order valence-electron chi connectivity index (χ4n) is 5.04. The number of nitrogens with zero attached hydrogens (tertiary/aromatic N) is 4. The fourth-order valence-corrected chi connectivity index (χ4v) is 5.04. The molecule has 2 aliphatic carbocycles. The molecule has 0 bridgehead atoms. The van der Waals surface area contributed by atoms with Crippen molar-refractivity contribution in [3.05, 3.63) is 18.6 Å². The Morgan fingerprint density at radius 3 is 2.77 bits per heavy atom. The lowest BCUT2D eigenvalue weighted by Gasteiger charge is -2.30. The molecule has 1 aromatic heterocycles. The van der Waals surface area contributed by atoms with Crippen LogP contribution in [0.3, 0.4) is 0 Å². The molecule has 1 aliphatic heterocycles. The molecule has 4 rings (SSSR count). The van der Waals surface area contributed by atoms with E-state index in [1.807, 2.05) is 0 Å². The number of likely N-dealkylation sites (tertiary alicyclic amines) is 1. The summed E-state index contributed by atoms with van der Waals surface area (Å²) in [4.78, 5) is 47.1. The Morgan fingerprint density at radius 1 is 1.37 bits per heavy atom. The average Bonchev–Trinajstić information content (AvgIpc) is 3.13. The van der Waals surface area contributed by atoms with Crippen molar-refractivity contribution in [1.29, 1.82) is 0 Å². The summed E-state index contributed by atoms with van der Waals surface area (Å²) in [6, 6.07) is 1.05. The SMILES string of the molecule is O=CN(O)CC(CC1CCCC1)C(=O)N1CC2(CC2)C[C@H]1C(=O)Nc1ccncn1. The number of hydrogen-bond donors (Lipinski definition) is 2. The molecular weight excluding hydrogens is 386 g/mol. The van der Waals surface area contributed by atoms with Crippen molar-refractivity contribution in [2.45, 2.75) is 57.4 Å². The highest BCUT2D eigenvalue weighted by Gasteiger charge is 2.55. The predicted octanol–water partition coefficient (Wildman–Crippen LogP) is 1.84. The van der Waals surface area contributed by atoms with Crippen molar-refractivity contribution in [3.63, 3.8) is 0 Å². The zero-order valence-corrected chi connectivity index (χ0v) is 17.1. The van der Waals surface area contributed by atoms with Crippen molar-refractivity contribution < 1.29 is 19.6 Å². The lowest BCUT2D eigenvalue weighted by Crippen LogP contribution is -2.48. The van der Waals surface area contributed by atoms with Gasteiger partial charge in [0.1, 0.15) is 18.2 Å². The van der Waals surface area contributed by atoms with Gasteiger partial charge < -0.3 is 10.2 Å². The number of hydrogen-bond acceptors (Lipinski definition) is 6. The third-order valence-electron chi connectivity index (χ3n) is 6.86. The van der Waals surface area contributed by atoms with E-state index in [4.69, 9.17) is 0 Å². The highest BCUT2D eigenvalue weighted by molar-refractivity contribution is 5.97. The van der Waals surface area contributed by atoms with Crippen LogP contribution >= 0.6 is 0 Å². The molecule has 2 heterocycles. The third kappa shape index (κ3) is 4.61. The molecule has 1 unspecified atom stereocenters. The minimum absolute atomic E-state index is 0.0325. The molecule has 2 saturated carbocycles. The highest BCUT2D eigenvalue weighted by atomic mass is 16.5. The smallest absolute Gasteiger partial charge is 0.248 e. The number of hydroxylamine groups is 2. The fraction of sp³-hybridized carbons (Fsp3) is 0.667. The van der Waals surface area contributed by atoms with E-state index in [0.717, 1.165) is 38.5 Å². The van der Waals surface area contributed by atoms with Crippen LogP contribution in [0.4, 0.5) is 5.82 Å². The van der Waals surface area contributed by atoms with Crippen LogP contribution in [-0.2, 0) is 14.4 Å². The summed E-state index contributed by atoms with van der Waals surface area (Å²) in [5.74, 6) is -0.0726. The summed E-state index contributed by atoms with van der Waals surface area (Å²) in [6.45, 7) is 0.518. The number of nitrogens with one attached hydrogen (secondary N) is 1. The predicted molar refractivity (Wildman–Crippen MR) is 107 cm³/mol. The molecule has 3 fully saturated rings. The van der Waals surface area contributed by atoms with Gasteiger partial charge in [-0.05, 0) is 43.1 Å². The molecule has 1 saturated heterocycles. The van der Waals surface area contributed by atoms with Crippen LogP contribution in [0.1, 0.15) is 51.4 Å². The summed E-state index contributed by atoms with van der Waals surface area (Å²) in [7, 11) is 0. The molecule has 9 heteroatoms. The number of amides is 3. The van der Waals surface area contributed by atoms with E-state index in [1.165, 1.54) is 6.33 Å². The third-order valence-corrected chi connectivity index (χ3v) is 6.86. The largest absolute Gasteiger partial charge is 0.330 e. The molecule has 0 aromatic carbocycles. The molecule has 3 aliphatic rings. The number of carbonyl (C=O) groups is 3. The monoisotopic (exact) mass is 415 g/mol. The van der Waals surface area contributed by atoms with Gasteiger partial charge >= 0.3 is 0 Å². The van der Waals surface area contributed by atoms with Crippen LogP contribution < -0.4 is 5.32 Å². The molecule has 1 aromatic rings. The second-order valence-corrected chi connectivity index (χ2v) is 9.08. The van der Waals surface area contributed by atoms with Gasteiger partial charge in [-0.3, -0.25) is 19.6 Å². The minimum atomic E-state index is -0.565. The summed E-state index contributed by atoms with van der Waals surface area (Å²) in [6.07, 6.45) is 11.0. The first-order chi connectivity index (χ1) is 14.5. The van der Waals surface area contributed by atoms with Crippen LogP contribution in [-0.4, -0.2) is 62.5 Å². The van der Waals surface area contributed by atoms with E-state index in [2.05, 4.69) is 15.3 Å². The second kappa shape index (κ2) is 8.67. The zero-order valence-electron chi connectivity index (χ0n) is 17.1. The first-order valence-corrected chi connectivity index (χ1v) is 10.8. The number of aromatic nitrogens is 2. The molecule has 1 spiro atoms. The molecule has 0 radical (unpaired) electrons. The Bertz CT molecular complexity index is 779. The molecule has 2 N–H and O–H groups in total. The first-order valence-electron chi connectivity index (χ1n) is 10.8. The minimum Gasteiger partial charge on any atom is -0.330 e. The van der Waals surface area contributed by atoms with E-state index < -0.39 is 12.0 Å². The Kier molecular flexibility index (Phi) is 5.99. The lowest BCUT2D eigenvalue weighted by molar-refractivity contribution is -0.158. The topological polar surface area (TPSA) is 116 Å². The van der Waals surface area contributed by atoms with Gasteiger partial charge in [0.05, 0.1) is 12.5 Å². The van der Waals surface area contributed by atoms with E-state index in [9.17, 15) is 19.6 Å². The molecule has 30 heavy (non-hydrogen) atoms. The standard InChI is InChI=1S/C21H29N5O4/c27-14-25(30)11-16(9-15-3-1-2-4-15)20(29)26-12-21(6-7-21)10-17(26)19(28)24-18-5-8-22-13-23-18/h5,8,13-17,30H,1-4,6-7,9-12H2,(H,22,23,24,28)/t16?,17-/m0/s1. The van der Waals surface area contributed by atoms with E-state index in [1.54, 1.807) is 17.2 Å². The summed E-state index contributed by atoms with van der Waals surface area (Å²) in [5, 5.41) is 13.1. The Labute approximate surface area is 175 Å². The van der Waals surface area contributed by atoms with Gasteiger partial charge in [-0.15, -0.1) is 0 Å². The summed E-state index contributed by atoms with van der Waals surface area (Å²) < 4.78 is 0. The van der Waals surface area contributed by atoms with Gasteiger partial charge in [0.2, 0.25) is 18.2 Å². The average molecular weight is 415 g/mol. The maximum Gasteiger partial charge on any atom is 0.248 e. The van der Waals surface area contributed by atoms with Gasteiger partial charge in [0, 0.05) is 12.7 Å². The normalized spacial score (nSPS) is 23.4. The van der Waals surface area contributed by atoms with E-state index in [0.29, 0.717) is 42.6 Å². The molecule has 9 nitrogen and oxygen atoms in total. The van der Waals surface area contributed by atoms with Crippen molar-refractivity contribution in [2.75, 3.05) is 18.4 Å². The highest BCUT2D eigenvalue weighted by Crippen LogP contribution is 2.55. The molecule has 162 valence electrons. The van der Waals surface area contributed by atoms with E-state index >= 15 is 0 Å². The van der Waals surface area contributed by atoms with Crippen LogP contribution in [0.5, 0.6) is 0 Å². The number of carbonyl (C=O) groups excluding carboxylic acids is 3. The van der Waals surface area contributed by atoms with Gasteiger partial charge in [-0.25, -0.2) is 15.0 Å². The maximum atomic E-state index is 13.5. The Balaban J connectivity index is 1.50. The zero-order chi connectivity index (χ0) is 21.1. The summed E-state index contributed by atoms with van der Waals surface area (Å²) in [5.41, 5.74) is 0.0325. The van der Waals surface area contributed by atoms with Crippen LogP contribution in [0.15, 0.2) is 18.6 Å². The molecular formula is C21H29N5O4. The number of anilines is 1. The van der Waals surface area contributed by atoms with Crippen LogP contribution in [0.2, 0.25) is 0 Å². The second-order valence-electron chi connectivity index (χ2n) is 9.08. The van der Waals surface area contributed by atoms with Gasteiger partial charge in [-0.1, -0.05) is 25.7 Å². The quantitative estimate of drug-likeness (QED) is 0.380. The summed E-state index contributed by atoms with van der Waals surface area (Å²) >= 11 is 0. The van der Waals surface area contributed by atoms with Crippen molar-refractivity contribution in [1.82, 2.24) is 19.9 Å². The Morgan fingerprint density at radius 2 is 2.13 bits per heavy atom. The number of rotatable bonds is 8. The maximum absolute atomic E-state index is 13.5. The van der Waals surface area contributed by atoms with E-state index in [-0.39, 0.29) is 23.8 Å². The van der Waals surface area contributed by atoms with Crippen molar-refractivity contribution >= 4 is 24.0 Å².